The molecule has 11 heteroatoms. The molecule has 1 aromatic carbocycles. The summed E-state index contributed by atoms with van der Waals surface area (Å²) in [4.78, 5) is 17.9. The Bertz CT molecular complexity index is 1310. The zero-order valence-corrected chi connectivity index (χ0v) is 20.4. The maximum Gasteiger partial charge on any atom is 0.263 e. The second-order valence-corrected chi connectivity index (χ2v) is 8.34. The SMILES string of the molecule is CCc1noc(-c2cnc(Nc3cc(NC(C)C)c(C=N)cn3)nc2NC(CO)c2ccccc2)n1. The summed E-state index contributed by atoms with van der Waals surface area (Å²) in [6.07, 6.45) is 5.07. The van der Waals surface area contributed by atoms with Crippen LogP contribution in [0.5, 0.6) is 0 Å². The zero-order valence-electron chi connectivity index (χ0n) is 20.4. The summed E-state index contributed by atoms with van der Waals surface area (Å²) in [6.45, 7) is 5.82. The van der Waals surface area contributed by atoms with Crippen molar-refractivity contribution in [2.24, 2.45) is 0 Å². The second-order valence-electron chi connectivity index (χ2n) is 8.34. The fourth-order valence-corrected chi connectivity index (χ4v) is 3.50. The Labute approximate surface area is 208 Å². The van der Waals surface area contributed by atoms with Gasteiger partial charge in [0.15, 0.2) is 5.82 Å². The van der Waals surface area contributed by atoms with Crippen LogP contribution in [0.1, 0.15) is 43.8 Å². The van der Waals surface area contributed by atoms with E-state index in [1.54, 1.807) is 18.5 Å². The van der Waals surface area contributed by atoms with Crippen LogP contribution in [0.4, 0.5) is 23.3 Å². The molecule has 36 heavy (non-hydrogen) atoms. The second kappa shape index (κ2) is 11.4. The Morgan fingerprint density at radius 2 is 1.89 bits per heavy atom. The summed E-state index contributed by atoms with van der Waals surface area (Å²) in [7, 11) is 0. The van der Waals surface area contributed by atoms with Gasteiger partial charge in [-0.05, 0) is 19.4 Å². The van der Waals surface area contributed by atoms with Gasteiger partial charge in [0.05, 0.1) is 12.6 Å². The highest BCUT2D eigenvalue weighted by Gasteiger charge is 2.20. The Hall–Kier alpha value is -4.38. The summed E-state index contributed by atoms with van der Waals surface area (Å²) >= 11 is 0. The Morgan fingerprint density at radius 1 is 1.08 bits per heavy atom. The zero-order chi connectivity index (χ0) is 25.5. The number of aryl methyl sites for hydroxylation is 1. The molecule has 1 unspecified atom stereocenters. The van der Waals surface area contributed by atoms with Crippen molar-refractivity contribution >= 4 is 29.5 Å². The molecule has 0 fully saturated rings. The smallest absolute Gasteiger partial charge is 0.263 e. The van der Waals surface area contributed by atoms with Crippen molar-refractivity contribution in [2.45, 2.75) is 39.3 Å². The first kappa shape index (κ1) is 24.7. The lowest BCUT2D eigenvalue weighted by Crippen LogP contribution is -2.17. The van der Waals surface area contributed by atoms with E-state index >= 15 is 0 Å². The Morgan fingerprint density at radius 3 is 2.56 bits per heavy atom. The molecule has 0 saturated heterocycles. The van der Waals surface area contributed by atoms with E-state index in [9.17, 15) is 5.11 Å². The van der Waals surface area contributed by atoms with Crippen molar-refractivity contribution in [3.05, 3.63) is 65.7 Å². The van der Waals surface area contributed by atoms with Gasteiger partial charge in [0.1, 0.15) is 17.2 Å². The normalized spacial score (nSPS) is 11.8. The molecule has 3 aromatic heterocycles. The monoisotopic (exact) mass is 487 g/mol. The van der Waals surface area contributed by atoms with E-state index < -0.39 is 6.04 Å². The first-order valence-electron chi connectivity index (χ1n) is 11.7. The van der Waals surface area contributed by atoms with Crippen molar-refractivity contribution in [2.75, 3.05) is 22.6 Å². The number of aromatic nitrogens is 5. The van der Waals surface area contributed by atoms with Gasteiger partial charge in [0, 0.05) is 48.4 Å². The van der Waals surface area contributed by atoms with Crippen LogP contribution in [-0.4, -0.2) is 49.1 Å². The first-order valence-corrected chi connectivity index (χ1v) is 11.7. The highest BCUT2D eigenvalue weighted by molar-refractivity contribution is 5.86. The molecular weight excluding hydrogens is 458 g/mol. The van der Waals surface area contributed by atoms with E-state index in [4.69, 9.17) is 9.93 Å². The molecule has 0 aliphatic carbocycles. The van der Waals surface area contributed by atoms with E-state index in [1.807, 2.05) is 51.1 Å². The number of nitrogens with one attached hydrogen (secondary N) is 4. The number of hydrogen-bond donors (Lipinski definition) is 5. The fraction of sp³-hybridized carbons (Fsp3) is 0.280. The molecule has 186 valence electrons. The molecule has 11 nitrogen and oxygen atoms in total. The molecular formula is C25H29N9O2. The van der Waals surface area contributed by atoms with Crippen molar-refractivity contribution in [1.29, 1.82) is 5.41 Å². The van der Waals surface area contributed by atoms with Crippen LogP contribution >= 0.6 is 0 Å². The van der Waals surface area contributed by atoms with Crippen molar-refractivity contribution in [1.82, 2.24) is 25.1 Å². The summed E-state index contributed by atoms with van der Waals surface area (Å²) in [5.74, 6) is 2.06. The van der Waals surface area contributed by atoms with Crippen LogP contribution in [0.15, 0.2) is 53.3 Å². The summed E-state index contributed by atoms with van der Waals surface area (Å²) in [5, 5.41) is 31.4. The van der Waals surface area contributed by atoms with E-state index in [2.05, 4.69) is 41.0 Å². The Balaban J connectivity index is 1.69. The van der Waals surface area contributed by atoms with Crippen LogP contribution in [0.25, 0.3) is 11.5 Å². The molecule has 5 N–H and O–H groups in total. The fourth-order valence-electron chi connectivity index (χ4n) is 3.50. The molecule has 0 saturated carbocycles. The average Bonchev–Trinajstić information content (AvgIpc) is 3.37. The molecule has 0 aliphatic rings. The summed E-state index contributed by atoms with van der Waals surface area (Å²) in [5.41, 5.74) is 2.85. The maximum atomic E-state index is 10.1. The predicted molar refractivity (Wildman–Crippen MR) is 139 cm³/mol. The van der Waals surface area contributed by atoms with E-state index in [0.29, 0.717) is 35.0 Å². The van der Waals surface area contributed by atoms with Crippen LogP contribution in [-0.2, 0) is 6.42 Å². The minimum absolute atomic E-state index is 0.156. The molecule has 4 rings (SSSR count). The van der Waals surface area contributed by atoms with Crippen LogP contribution in [0, 0.1) is 5.41 Å². The topological polar surface area (TPSA) is 158 Å². The number of hydrogen-bond acceptors (Lipinski definition) is 11. The molecule has 3 heterocycles. The number of benzene rings is 1. The van der Waals surface area contributed by atoms with E-state index in [0.717, 1.165) is 11.3 Å². The number of anilines is 4. The molecule has 0 bridgehead atoms. The molecule has 1 atom stereocenters. The summed E-state index contributed by atoms with van der Waals surface area (Å²) < 4.78 is 5.43. The third-order valence-electron chi connectivity index (χ3n) is 5.27. The minimum atomic E-state index is -0.423. The lowest BCUT2D eigenvalue weighted by molar-refractivity contribution is 0.276. The van der Waals surface area contributed by atoms with Crippen molar-refractivity contribution < 1.29 is 9.63 Å². The van der Waals surface area contributed by atoms with Crippen LogP contribution in [0.3, 0.4) is 0 Å². The molecule has 0 amide bonds. The predicted octanol–water partition coefficient (Wildman–Crippen LogP) is 4.19. The molecule has 0 aliphatic heterocycles. The lowest BCUT2D eigenvalue weighted by Gasteiger charge is -2.19. The van der Waals surface area contributed by atoms with Gasteiger partial charge < -0.3 is 31.0 Å². The largest absolute Gasteiger partial charge is 0.394 e. The highest BCUT2D eigenvalue weighted by Crippen LogP contribution is 2.30. The van der Waals surface area contributed by atoms with Gasteiger partial charge in [-0.1, -0.05) is 42.4 Å². The third-order valence-corrected chi connectivity index (χ3v) is 5.27. The number of nitrogens with zero attached hydrogens (tertiary/aromatic N) is 5. The van der Waals surface area contributed by atoms with Crippen molar-refractivity contribution in [3.63, 3.8) is 0 Å². The third kappa shape index (κ3) is 5.81. The van der Waals surface area contributed by atoms with Gasteiger partial charge in [0.2, 0.25) is 5.95 Å². The van der Waals surface area contributed by atoms with Gasteiger partial charge in [-0.25, -0.2) is 9.97 Å². The summed E-state index contributed by atoms with van der Waals surface area (Å²) in [6, 6.07) is 11.1. The molecule has 0 spiro atoms. The van der Waals surface area contributed by atoms with Crippen LogP contribution < -0.4 is 16.0 Å². The number of aliphatic hydroxyl groups excluding tert-OH is 1. The van der Waals surface area contributed by atoms with Crippen LogP contribution in [0.2, 0.25) is 0 Å². The average molecular weight is 488 g/mol. The highest BCUT2D eigenvalue weighted by atomic mass is 16.5. The lowest BCUT2D eigenvalue weighted by atomic mass is 10.1. The van der Waals surface area contributed by atoms with Gasteiger partial charge in [-0.3, -0.25) is 0 Å². The maximum absolute atomic E-state index is 10.1. The quantitative estimate of drug-likeness (QED) is 0.194. The van der Waals surface area contributed by atoms with Gasteiger partial charge >= 0.3 is 0 Å². The molecule has 4 aromatic rings. The van der Waals surface area contributed by atoms with Crippen molar-refractivity contribution in [3.8, 4) is 11.5 Å². The standard InChI is InChI=1S/C25H29N9O2/c1-4-21-31-24(36-34-21)18-13-28-25(32-22-10-19(29-15(2)3)17(11-26)12-27-22)33-23(18)30-20(14-35)16-8-6-5-7-9-16/h5-13,15,20,26,35H,4,14H2,1-3H3,(H3,27,28,29,30,32,33). The van der Waals surface area contributed by atoms with Gasteiger partial charge in [-0.2, -0.15) is 9.97 Å². The van der Waals surface area contributed by atoms with E-state index in [-0.39, 0.29) is 24.5 Å². The number of rotatable bonds is 11. The minimum Gasteiger partial charge on any atom is -0.394 e. The van der Waals surface area contributed by atoms with Gasteiger partial charge in [-0.15, -0.1) is 0 Å². The number of pyridine rings is 1. The first-order chi connectivity index (χ1) is 17.5. The van der Waals surface area contributed by atoms with Gasteiger partial charge in [0.25, 0.3) is 5.89 Å². The molecule has 0 radical (unpaired) electrons. The number of aliphatic hydroxyl groups is 1. The Kier molecular flexibility index (Phi) is 7.81. The van der Waals surface area contributed by atoms with E-state index in [1.165, 1.54) is 6.21 Å².